The third kappa shape index (κ3) is 6.80. The van der Waals surface area contributed by atoms with Crippen LogP contribution >= 0.6 is 11.8 Å². The highest BCUT2D eigenvalue weighted by atomic mass is 32.2. The fraction of sp³-hybridized carbons (Fsp3) is 0.417. The summed E-state index contributed by atoms with van der Waals surface area (Å²) >= 11 is 1.58. The zero-order valence-corrected chi connectivity index (χ0v) is 19.1. The van der Waals surface area contributed by atoms with Crippen molar-refractivity contribution < 1.29 is 14.3 Å². The molecule has 1 N–H and O–H groups in total. The Labute approximate surface area is 184 Å². The summed E-state index contributed by atoms with van der Waals surface area (Å²) in [5, 5.41) is 2.87. The Morgan fingerprint density at radius 3 is 2.40 bits per heavy atom. The topological polar surface area (TPSA) is 58.6 Å². The number of hydrogen-bond acceptors (Lipinski definition) is 4. The molecule has 6 heteroatoms. The quantitative estimate of drug-likeness (QED) is 0.583. The van der Waals surface area contributed by atoms with Crippen molar-refractivity contribution in [2.75, 3.05) is 19.4 Å². The van der Waals surface area contributed by atoms with E-state index in [1.165, 1.54) is 11.1 Å². The first-order valence-corrected chi connectivity index (χ1v) is 11.5. The molecular weight excluding hydrogens is 396 g/mol. The van der Waals surface area contributed by atoms with Crippen LogP contribution in [-0.4, -0.2) is 42.2 Å². The van der Waals surface area contributed by atoms with E-state index in [1.54, 1.807) is 23.8 Å². The standard InChI is InChI=1S/C24H32N2O3S/c1-5-22(24(28)25-6-2)26(15-19-11-13-21(29-4)14-12-19)23(27)17-30-16-20-10-8-7-9-18(20)3/h7-14,22H,5-6,15-17H2,1-4H3,(H,25,28)/t22-/m1/s1. The Bertz CT molecular complexity index is 823. The van der Waals surface area contributed by atoms with Crippen molar-refractivity contribution in [3.63, 3.8) is 0 Å². The number of carbonyl (C=O) groups excluding carboxylic acids is 2. The highest BCUT2D eigenvalue weighted by Crippen LogP contribution is 2.20. The van der Waals surface area contributed by atoms with Crippen molar-refractivity contribution in [2.45, 2.75) is 45.5 Å². The summed E-state index contributed by atoms with van der Waals surface area (Å²) in [4.78, 5) is 27.5. The molecule has 0 saturated carbocycles. The van der Waals surface area contributed by atoms with E-state index < -0.39 is 6.04 Å². The van der Waals surface area contributed by atoms with E-state index >= 15 is 0 Å². The van der Waals surface area contributed by atoms with Crippen LogP contribution in [0.4, 0.5) is 0 Å². The lowest BCUT2D eigenvalue weighted by Crippen LogP contribution is -2.49. The lowest BCUT2D eigenvalue weighted by atomic mass is 10.1. The normalized spacial score (nSPS) is 11.6. The van der Waals surface area contributed by atoms with Gasteiger partial charge in [-0.05, 0) is 49.1 Å². The van der Waals surface area contributed by atoms with Crippen LogP contribution in [0.1, 0.15) is 37.0 Å². The molecular formula is C24H32N2O3S. The molecule has 2 rings (SSSR count). The van der Waals surface area contributed by atoms with Gasteiger partial charge in [0.05, 0.1) is 12.9 Å². The number of thioether (sulfide) groups is 1. The van der Waals surface area contributed by atoms with Crippen molar-refractivity contribution in [3.05, 3.63) is 65.2 Å². The molecule has 30 heavy (non-hydrogen) atoms. The Kier molecular flexibility index (Phi) is 9.74. The molecule has 0 spiro atoms. The molecule has 2 aromatic rings. The number of carbonyl (C=O) groups is 2. The van der Waals surface area contributed by atoms with Gasteiger partial charge in [-0.25, -0.2) is 0 Å². The van der Waals surface area contributed by atoms with Crippen molar-refractivity contribution >= 4 is 23.6 Å². The van der Waals surface area contributed by atoms with E-state index in [2.05, 4.69) is 24.4 Å². The number of rotatable bonds is 11. The highest BCUT2D eigenvalue weighted by molar-refractivity contribution is 7.99. The molecule has 1 atom stereocenters. The van der Waals surface area contributed by atoms with Crippen molar-refractivity contribution in [1.82, 2.24) is 10.2 Å². The van der Waals surface area contributed by atoms with Crippen LogP contribution in [0, 0.1) is 6.92 Å². The van der Waals surface area contributed by atoms with E-state index in [4.69, 9.17) is 4.74 Å². The number of aryl methyl sites for hydroxylation is 1. The molecule has 0 radical (unpaired) electrons. The maximum absolute atomic E-state index is 13.2. The SMILES string of the molecule is CCNC(=O)[C@@H](CC)N(Cc1ccc(OC)cc1)C(=O)CSCc1ccccc1C. The Balaban J connectivity index is 2.12. The van der Waals surface area contributed by atoms with Gasteiger partial charge in [0.1, 0.15) is 11.8 Å². The molecule has 5 nitrogen and oxygen atoms in total. The van der Waals surface area contributed by atoms with Crippen LogP contribution in [0.5, 0.6) is 5.75 Å². The molecule has 0 bridgehead atoms. The number of hydrogen-bond donors (Lipinski definition) is 1. The van der Waals surface area contributed by atoms with Crippen LogP contribution in [0.15, 0.2) is 48.5 Å². The Morgan fingerprint density at radius 2 is 1.80 bits per heavy atom. The second-order valence-electron chi connectivity index (χ2n) is 7.11. The summed E-state index contributed by atoms with van der Waals surface area (Å²) in [6.07, 6.45) is 0.566. The third-order valence-electron chi connectivity index (χ3n) is 4.99. The van der Waals surface area contributed by atoms with E-state index in [-0.39, 0.29) is 11.8 Å². The molecule has 0 heterocycles. The molecule has 0 saturated heterocycles. The zero-order chi connectivity index (χ0) is 21.9. The maximum atomic E-state index is 13.2. The number of ether oxygens (including phenoxy) is 1. The van der Waals surface area contributed by atoms with Gasteiger partial charge in [-0.2, -0.15) is 0 Å². The van der Waals surface area contributed by atoms with Gasteiger partial charge in [0.2, 0.25) is 11.8 Å². The molecule has 0 unspecified atom stereocenters. The summed E-state index contributed by atoms with van der Waals surface area (Å²) in [5.41, 5.74) is 3.42. The monoisotopic (exact) mass is 428 g/mol. The average Bonchev–Trinajstić information content (AvgIpc) is 2.75. The molecule has 0 aliphatic rings. The van der Waals surface area contributed by atoms with E-state index in [0.29, 0.717) is 25.3 Å². The first-order valence-electron chi connectivity index (χ1n) is 10.3. The van der Waals surface area contributed by atoms with Crippen molar-refractivity contribution in [1.29, 1.82) is 0 Å². The van der Waals surface area contributed by atoms with Crippen molar-refractivity contribution in [3.8, 4) is 5.75 Å². The number of benzene rings is 2. The highest BCUT2D eigenvalue weighted by Gasteiger charge is 2.28. The summed E-state index contributed by atoms with van der Waals surface area (Å²) < 4.78 is 5.22. The predicted molar refractivity (Wildman–Crippen MR) is 124 cm³/mol. The fourth-order valence-electron chi connectivity index (χ4n) is 3.24. The van der Waals surface area contributed by atoms with Gasteiger partial charge in [-0.15, -0.1) is 11.8 Å². The molecule has 2 amide bonds. The molecule has 0 fully saturated rings. The lowest BCUT2D eigenvalue weighted by molar-refractivity contribution is -0.139. The van der Waals surface area contributed by atoms with E-state index in [0.717, 1.165) is 17.1 Å². The summed E-state index contributed by atoms with van der Waals surface area (Å²) in [6.45, 7) is 6.84. The van der Waals surface area contributed by atoms with Crippen LogP contribution < -0.4 is 10.1 Å². The molecule has 0 aliphatic heterocycles. The molecule has 2 aromatic carbocycles. The molecule has 0 aromatic heterocycles. The Hall–Kier alpha value is -2.47. The predicted octanol–water partition coefficient (Wildman–Crippen LogP) is 4.18. The number of likely N-dealkylation sites (N-methyl/N-ethyl adjacent to an activating group) is 1. The van der Waals surface area contributed by atoms with Gasteiger partial charge in [0.25, 0.3) is 0 Å². The number of amides is 2. The summed E-state index contributed by atoms with van der Waals surface area (Å²) in [6, 6.07) is 15.3. The van der Waals surface area contributed by atoms with Crippen LogP contribution in [0.25, 0.3) is 0 Å². The van der Waals surface area contributed by atoms with Crippen molar-refractivity contribution in [2.24, 2.45) is 0 Å². The largest absolute Gasteiger partial charge is 0.497 e. The van der Waals surface area contributed by atoms with Gasteiger partial charge in [-0.3, -0.25) is 9.59 Å². The maximum Gasteiger partial charge on any atom is 0.242 e. The minimum atomic E-state index is -0.487. The van der Waals surface area contributed by atoms with Gasteiger partial charge < -0.3 is 15.0 Å². The van der Waals surface area contributed by atoms with E-state index in [9.17, 15) is 9.59 Å². The van der Waals surface area contributed by atoms with Crippen LogP contribution in [0.3, 0.4) is 0 Å². The molecule has 162 valence electrons. The zero-order valence-electron chi connectivity index (χ0n) is 18.3. The third-order valence-corrected chi connectivity index (χ3v) is 5.96. The molecule has 0 aliphatic carbocycles. The lowest BCUT2D eigenvalue weighted by Gasteiger charge is -2.30. The summed E-state index contributed by atoms with van der Waals surface area (Å²) in [7, 11) is 1.62. The van der Waals surface area contributed by atoms with E-state index in [1.807, 2.05) is 50.2 Å². The van der Waals surface area contributed by atoms with Gasteiger partial charge in [0, 0.05) is 18.8 Å². The second kappa shape index (κ2) is 12.3. The summed E-state index contributed by atoms with van der Waals surface area (Å²) in [5.74, 6) is 1.74. The number of nitrogens with zero attached hydrogens (tertiary/aromatic N) is 1. The Morgan fingerprint density at radius 1 is 1.10 bits per heavy atom. The minimum Gasteiger partial charge on any atom is -0.497 e. The number of nitrogens with one attached hydrogen (secondary N) is 1. The smallest absolute Gasteiger partial charge is 0.242 e. The van der Waals surface area contributed by atoms with Gasteiger partial charge in [-0.1, -0.05) is 43.3 Å². The van der Waals surface area contributed by atoms with Crippen LogP contribution in [0.2, 0.25) is 0 Å². The second-order valence-corrected chi connectivity index (χ2v) is 8.09. The first-order chi connectivity index (χ1) is 14.5. The average molecular weight is 429 g/mol. The van der Waals surface area contributed by atoms with Crippen LogP contribution in [-0.2, 0) is 21.9 Å². The number of methoxy groups -OCH3 is 1. The van der Waals surface area contributed by atoms with Gasteiger partial charge in [0.15, 0.2) is 0 Å². The first kappa shape index (κ1) is 23.8. The fourth-order valence-corrected chi connectivity index (χ4v) is 4.23. The minimum absolute atomic E-state index is 0.0255. The van der Waals surface area contributed by atoms with Gasteiger partial charge >= 0.3 is 0 Å².